The fourth-order valence-electron chi connectivity index (χ4n) is 1.44. The van der Waals surface area contributed by atoms with Crippen molar-refractivity contribution in [2.24, 2.45) is 0 Å². The van der Waals surface area contributed by atoms with Gasteiger partial charge in [0.2, 0.25) is 0 Å². The van der Waals surface area contributed by atoms with Crippen molar-refractivity contribution in [1.29, 1.82) is 0 Å². The first kappa shape index (κ1) is 18.7. The van der Waals surface area contributed by atoms with Crippen LogP contribution >= 0.6 is 0 Å². The minimum Gasteiger partial charge on any atom is -0.456 e. The van der Waals surface area contributed by atoms with Crippen LogP contribution in [0.5, 0.6) is 0 Å². The van der Waals surface area contributed by atoms with Crippen LogP contribution in [0.3, 0.4) is 0 Å². The Morgan fingerprint density at radius 3 is 1.25 bits per heavy atom. The van der Waals surface area contributed by atoms with E-state index in [9.17, 15) is 9.59 Å². The topological polar surface area (TPSA) is 52.6 Å². The van der Waals surface area contributed by atoms with Gasteiger partial charge in [-0.2, -0.15) is 0 Å². The summed E-state index contributed by atoms with van der Waals surface area (Å²) in [7, 11) is 0. The molecule has 0 atom stereocenters. The summed E-state index contributed by atoms with van der Waals surface area (Å²) in [4.78, 5) is 23.9. The molecule has 0 unspecified atom stereocenters. The molecule has 0 radical (unpaired) electrons. The molecule has 0 N–H and O–H groups in total. The third kappa shape index (κ3) is 4.99. The summed E-state index contributed by atoms with van der Waals surface area (Å²) in [6.45, 7) is 14.9. The van der Waals surface area contributed by atoms with Crippen molar-refractivity contribution in [3.8, 4) is 0 Å². The van der Waals surface area contributed by atoms with Crippen molar-refractivity contribution in [1.82, 2.24) is 0 Å². The summed E-state index contributed by atoms with van der Waals surface area (Å²) in [5, 5.41) is 0. The Balaban J connectivity index is 4.75. The molecule has 0 aromatic rings. The lowest BCUT2D eigenvalue weighted by atomic mass is 9.99. The van der Waals surface area contributed by atoms with Crippen molar-refractivity contribution < 1.29 is 19.1 Å². The normalized spacial score (nSPS) is 11.9. The zero-order chi connectivity index (χ0) is 16.0. The molecule has 0 heterocycles. The minimum absolute atomic E-state index is 0.244. The number of hydrogen-bond acceptors (Lipinski definition) is 4. The van der Waals surface area contributed by atoms with Gasteiger partial charge in [0.1, 0.15) is 16.8 Å². The molecular weight excluding hydrogens is 256 g/mol. The first-order valence-corrected chi connectivity index (χ1v) is 7.32. The van der Waals surface area contributed by atoms with Gasteiger partial charge < -0.3 is 9.47 Å². The van der Waals surface area contributed by atoms with Crippen LogP contribution in [0, 0.1) is 0 Å². The van der Waals surface area contributed by atoms with E-state index in [1.54, 1.807) is 0 Å². The van der Waals surface area contributed by atoms with E-state index >= 15 is 0 Å². The lowest BCUT2D eigenvalue weighted by molar-refractivity contribution is -0.162. The molecule has 0 aliphatic heterocycles. The lowest BCUT2D eigenvalue weighted by Crippen LogP contribution is -2.35. The second-order valence-corrected chi connectivity index (χ2v) is 5.57. The van der Waals surface area contributed by atoms with E-state index in [2.05, 4.69) is 6.58 Å². The van der Waals surface area contributed by atoms with Crippen LogP contribution in [0.15, 0.2) is 12.2 Å². The largest absolute Gasteiger partial charge is 0.456 e. The van der Waals surface area contributed by atoms with Gasteiger partial charge in [0.05, 0.1) is 0 Å². The van der Waals surface area contributed by atoms with Gasteiger partial charge in [-0.3, -0.25) is 0 Å². The number of carbonyl (C=O) groups excluding carboxylic acids is 2. The van der Waals surface area contributed by atoms with Crippen LogP contribution in [-0.4, -0.2) is 23.1 Å². The van der Waals surface area contributed by atoms with Crippen LogP contribution in [0.1, 0.15) is 67.2 Å². The van der Waals surface area contributed by atoms with Crippen LogP contribution < -0.4 is 0 Å². The highest BCUT2D eigenvalue weighted by Crippen LogP contribution is 2.23. The highest BCUT2D eigenvalue weighted by atomic mass is 16.6. The van der Waals surface area contributed by atoms with Gasteiger partial charge in [-0.15, -0.1) is 0 Å². The third-order valence-electron chi connectivity index (χ3n) is 4.16. The Morgan fingerprint density at radius 2 is 1.05 bits per heavy atom. The van der Waals surface area contributed by atoms with Gasteiger partial charge in [-0.1, -0.05) is 34.3 Å². The Kier molecular flexibility index (Phi) is 6.97. The molecule has 20 heavy (non-hydrogen) atoms. The summed E-state index contributed by atoms with van der Waals surface area (Å²) in [6.07, 6.45) is 2.72. The molecule has 4 heteroatoms. The lowest BCUT2D eigenvalue weighted by Gasteiger charge is -2.29. The van der Waals surface area contributed by atoms with Gasteiger partial charge >= 0.3 is 11.9 Å². The summed E-state index contributed by atoms with van der Waals surface area (Å²) < 4.78 is 10.7. The Morgan fingerprint density at radius 1 is 0.800 bits per heavy atom. The summed E-state index contributed by atoms with van der Waals surface area (Å²) >= 11 is 0. The fourth-order valence-corrected chi connectivity index (χ4v) is 1.44. The van der Waals surface area contributed by atoms with Crippen LogP contribution in [0.25, 0.3) is 0 Å². The molecule has 0 aliphatic carbocycles. The highest BCUT2D eigenvalue weighted by Gasteiger charge is 2.32. The standard InChI is InChI=1S/C16H28O4/c1-8-15(6,9-2)19-13(17)12(5)14(18)20-16(7,10-3)11-4/h5,8-11H2,1-4,6-7H3. The average molecular weight is 284 g/mol. The highest BCUT2D eigenvalue weighted by molar-refractivity contribution is 6.13. The zero-order valence-corrected chi connectivity index (χ0v) is 13.7. The van der Waals surface area contributed by atoms with E-state index in [1.807, 2.05) is 41.5 Å². The molecule has 0 aromatic heterocycles. The quantitative estimate of drug-likeness (QED) is 0.294. The maximum atomic E-state index is 12.0. The maximum Gasteiger partial charge on any atom is 0.345 e. The molecule has 0 fully saturated rings. The predicted molar refractivity (Wildman–Crippen MR) is 79.3 cm³/mol. The van der Waals surface area contributed by atoms with Crippen molar-refractivity contribution in [3.05, 3.63) is 12.2 Å². The van der Waals surface area contributed by atoms with Crippen LogP contribution in [0.4, 0.5) is 0 Å². The monoisotopic (exact) mass is 284 g/mol. The van der Waals surface area contributed by atoms with E-state index in [0.29, 0.717) is 25.7 Å². The van der Waals surface area contributed by atoms with Gasteiger partial charge in [-0.05, 0) is 39.5 Å². The van der Waals surface area contributed by atoms with Crippen molar-refractivity contribution in [3.63, 3.8) is 0 Å². The maximum absolute atomic E-state index is 12.0. The Hall–Kier alpha value is -1.32. The molecule has 0 rings (SSSR count). The molecule has 4 nitrogen and oxygen atoms in total. The molecule has 0 spiro atoms. The third-order valence-corrected chi connectivity index (χ3v) is 4.16. The summed E-state index contributed by atoms with van der Waals surface area (Å²) in [5.74, 6) is -1.40. The molecule has 116 valence electrons. The molecular formula is C16H28O4. The van der Waals surface area contributed by atoms with Crippen molar-refractivity contribution >= 4 is 11.9 Å². The van der Waals surface area contributed by atoms with Gasteiger partial charge in [-0.25, -0.2) is 9.59 Å². The molecule has 0 aliphatic rings. The smallest absolute Gasteiger partial charge is 0.345 e. The number of esters is 2. The fraction of sp³-hybridized carbons (Fsp3) is 0.750. The number of rotatable bonds is 8. The number of carbonyl (C=O) groups is 2. The second-order valence-electron chi connectivity index (χ2n) is 5.57. The number of ether oxygens (including phenoxy) is 2. The SMILES string of the molecule is C=C(C(=O)OC(C)(CC)CC)C(=O)OC(C)(CC)CC. The first-order valence-electron chi connectivity index (χ1n) is 7.32. The average Bonchev–Trinajstić information content (AvgIpc) is 2.45. The first-order chi connectivity index (χ1) is 9.16. The molecule has 0 saturated carbocycles. The van der Waals surface area contributed by atoms with Crippen LogP contribution in [-0.2, 0) is 19.1 Å². The van der Waals surface area contributed by atoms with Crippen molar-refractivity contribution in [2.45, 2.75) is 78.4 Å². The second kappa shape index (κ2) is 7.46. The molecule has 0 saturated heterocycles. The van der Waals surface area contributed by atoms with E-state index in [1.165, 1.54) is 0 Å². The van der Waals surface area contributed by atoms with E-state index in [-0.39, 0.29) is 5.57 Å². The van der Waals surface area contributed by atoms with E-state index in [4.69, 9.17) is 9.47 Å². The van der Waals surface area contributed by atoms with Crippen LogP contribution in [0.2, 0.25) is 0 Å². The molecule has 0 aromatic carbocycles. The van der Waals surface area contributed by atoms with E-state index < -0.39 is 23.1 Å². The van der Waals surface area contributed by atoms with Gasteiger partial charge in [0.25, 0.3) is 0 Å². The summed E-state index contributed by atoms with van der Waals surface area (Å²) in [6, 6.07) is 0. The van der Waals surface area contributed by atoms with Gasteiger partial charge in [0, 0.05) is 0 Å². The zero-order valence-electron chi connectivity index (χ0n) is 13.7. The minimum atomic E-state index is -0.698. The predicted octanol–water partition coefficient (Wildman–Crippen LogP) is 3.79. The van der Waals surface area contributed by atoms with Crippen molar-refractivity contribution in [2.75, 3.05) is 0 Å². The van der Waals surface area contributed by atoms with E-state index in [0.717, 1.165) is 0 Å². The molecule has 0 amide bonds. The molecule has 0 bridgehead atoms. The Labute approximate surface area is 122 Å². The van der Waals surface area contributed by atoms with Gasteiger partial charge in [0.15, 0.2) is 0 Å². The Bertz CT molecular complexity index is 329. The summed E-state index contributed by atoms with van der Waals surface area (Å²) in [5.41, 5.74) is -1.38. The number of hydrogen-bond donors (Lipinski definition) is 0.